The van der Waals surface area contributed by atoms with Crippen molar-refractivity contribution in [3.05, 3.63) is 66.0 Å². The first-order chi connectivity index (χ1) is 19.3. The van der Waals surface area contributed by atoms with Crippen LogP contribution >= 0.6 is 0 Å². The molecule has 1 saturated heterocycles. The predicted molar refractivity (Wildman–Crippen MR) is 132 cm³/mol. The van der Waals surface area contributed by atoms with Gasteiger partial charge >= 0.3 is 24.0 Å². The van der Waals surface area contributed by atoms with E-state index in [1.165, 1.54) is 31.5 Å². The average molecular weight is 585 g/mol. The summed E-state index contributed by atoms with van der Waals surface area (Å²) in [5.41, 5.74) is -0.586. The normalized spacial score (nSPS) is 17.3. The highest BCUT2D eigenvalue weighted by molar-refractivity contribution is 5.97. The number of carbonyl (C=O) groups is 4. The lowest BCUT2D eigenvalue weighted by Crippen LogP contribution is -2.56. The van der Waals surface area contributed by atoms with Crippen LogP contribution < -0.4 is 10.6 Å². The number of nitrogens with zero attached hydrogens (tertiary/aromatic N) is 2. The van der Waals surface area contributed by atoms with Crippen LogP contribution in [0, 0.1) is 0 Å². The quantitative estimate of drug-likeness (QED) is 0.140. The molecule has 1 fully saturated rings. The number of hydrogen-bond donors (Lipinski definition) is 2. The summed E-state index contributed by atoms with van der Waals surface area (Å²) in [5.74, 6) is -5.78. The van der Waals surface area contributed by atoms with Crippen molar-refractivity contribution in [3.8, 4) is 0 Å². The van der Waals surface area contributed by atoms with E-state index in [4.69, 9.17) is 4.74 Å². The number of ketones is 1. The van der Waals surface area contributed by atoms with Gasteiger partial charge in [-0.25, -0.2) is 5.06 Å². The number of rotatable bonds is 15. The van der Waals surface area contributed by atoms with Gasteiger partial charge in [-0.1, -0.05) is 30.3 Å². The second-order valence-electron chi connectivity index (χ2n) is 9.07. The second kappa shape index (κ2) is 13.1. The van der Waals surface area contributed by atoms with Gasteiger partial charge in [0.05, 0.1) is 24.8 Å². The number of carbonyl (C=O) groups excluding carboxylic acids is 4. The van der Waals surface area contributed by atoms with Crippen LogP contribution in [0.15, 0.2) is 54.9 Å². The van der Waals surface area contributed by atoms with Crippen LogP contribution in [0.5, 0.6) is 0 Å². The standard InChI is InChI=1S/C26H28F4N4O7/c1-3-34(23(38)26(29,30)39-13-12-32-21(36)18-10-7-11-31-15-18)41-25(27,28)22(37)33-19(20(35)24(2)16-40-24)14-17-8-5-4-6-9-17/h4-11,15,19H,3,12-14,16H2,1-2H3,(H,32,36)(H,33,37). The Kier molecular flexibility index (Phi) is 10.1. The van der Waals surface area contributed by atoms with Crippen molar-refractivity contribution < 1.29 is 51.1 Å². The number of alkyl halides is 4. The fourth-order valence-electron chi connectivity index (χ4n) is 3.50. The molecule has 0 radical (unpaired) electrons. The SMILES string of the molecule is CCN(OC(F)(F)C(=O)NC(Cc1ccccc1)C(=O)C1(C)CO1)C(=O)C(F)(F)OCCNC(=O)c1cccnc1. The fourth-order valence-corrected chi connectivity index (χ4v) is 3.50. The van der Waals surface area contributed by atoms with Gasteiger partial charge < -0.3 is 20.1 Å². The zero-order valence-corrected chi connectivity index (χ0v) is 22.1. The summed E-state index contributed by atoms with van der Waals surface area (Å²) >= 11 is 0. The lowest BCUT2D eigenvalue weighted by atomic mass is 9.95. The molecule has 2 atom stereocenters. The Balaban J connectivity index is 1.59. The first kappa shape index (κ1) is 31.6. The Morgan fingerprint density at radius 1 is 1.10 bits per heavy atom. The molecular formula is C26H28F4N4O7. The molecule has 1 aliphatic heterocycles. The molecule has 41 heavy (non-hydrogen) atoms. The molecule has 0 spiro atoms. The molecule has 3 amide bonds. The number of aromatic nitrogens is 1. The molecule has 11 nitrogen and oxygen atoms in total. The van der Waals surface area contributed by atoms with Gasteiger partial charge in [0.1, 0.15) is 5.60 Å². The minimum Gasteiger partial charge on any atom is -0.361 e. The third-order valence-corrected chi connectivity index (χ3v) is 5.85. The van der Waals surface area contributed by atoms with Crippen LogP contribution in [-0.2, 0) is 35.1 Å². The molecular weight excluding hydrogens is 556 g/mol. The second-order valence-corrected chi connectivity index (χ2v) is 9.07. The van der Waals surface area contributed by atoms with Crippen LogP contribution in [-0.4, -0.2) is 83.7 Å². The summed E-state index contributed by atoms with van der Waals surface area (Å²) < 4.78 is 67.4. The topological polar surface area (TPSA) is 139 Å². The number of halogens is 4. The van der Waals surface area contributed by atoms with E-state index in [0.717, 1.165) is 6.92 Å². The maximum atomic E-state index is 14.7. The van der Waals surface area contributed by atoms with Gasteiger partial charge in [0, 0.05) is 25.5 Å². The highest BCUT2D eigenvalue weighted by atomic mass is 19.3. The van der Waals surface area contributed by atoms with E-state index in [1.807, 2.05) is 5.32 Å². The van der Waals surface area contributed by atoms with Gasteiger partial charge in [-0.3, -0.25) is 24.2 Å². The minimum atomic E-state index is -4.83. The lowest BCUT2D eigenvalue weighted by molar-refractivity contribution is -0.338. The first-order valence-corrected chi connectivity index (χ1v) is 12.4. The number of pyridine rings is 1. The summed E-state index contributed by atoms with van der Waals surface area (Å²) in [6.07, 6.45) is -6.99. The van der Waals surface area contributed by atoms with Crippen molar-refractivity contribution >= 4 is 23.5 Å². The molecule has 222 valence electrons. The Hall–Kier alpha value is -3.95. The molecule has 0 saturated carbocycles. The first-order valence-electron chi connectivity index (χ1n) is 12.4. The van der Waals surface area contributed by atoms with Gasteiger partial charge in [-0.2, -0.15) is 22.4 Å². The zero-order chi connectivity index (χ0) is 30.3. The number of epoxide rings is 1. The summed E-state index contributed by atoms with van der Waals surface area (Å²) in [5, 5.41) is 3.72. The van der Waals surface area contributed by atoms with E-state index < -0.39 is 72.1 Å². The molecule has 2 N–H and O–H groups in total. The third-order valence-electron chi connectivity index (χ3n) is 5.85. The number of likely N-dealkylation sites (N-methyl/N-ethyl adjacent to an activating group) is 1. The molecule has 1 aromatic carbocycles. The lowest BCUT2D eigenvalue weighted by Gasteiger charge is -2.28. The Morgan fingerprint density at radius 2 is 1.78 bits per heavy atom. The third kappa shape index (κ3) is 8.52. The summed E-state index contributed by atoms with van der Waals surface area (Å²) in [4.78, 5) is 57.3. The number of Topliss-reactive ketones (excluding diaryl/α,β-unsaturated/α-hetero) is 1. The zero-order valence-electron chi connectivity index (χ0n) is 22.1. The van der Waals surface area contributed by atoms with Crippen molar-refractivity contribution in [1.29, 1.82) is 0 Å². The molecule has 3 rings (SSSR count). The fraction of sp³-hybridized carbons (Fsp3) is 0.423. The molecule has 0 aliphatic carbocycles. The summed E-state index contributed by atoms with van der Waals surface area (Å²) in [7, 11) is 0. The molecule has 1 aromatic heterocycles. The number of hydroxylamine groups is 2. The Morgan fingerprint density at radius 3 is 2.37 bits per heavy atom. The molecule has 0 bridgehead atoms. The highest BCUT2D eigenvalue weighted by Crippen LogP contribution is 2.30. The van der Waals surface area contributed by atoms with Gasteiger partial charge in [-0.15, -0.1) is 0 Å². The van der Waals surface area contributed by atoms with Crippen molar-refractivity contribution in [2.24, 2.45) is 0 Å². The number of amides is 3. The van der Waals surface area contributed by atoms with Crippen LogP contribution in [0.2, 0.25) is 0 Å². The average Bonchev–Trinajstić information content (AvgIpc) is 3.72. The van der Waals surface area contributed by atoms with Crippen molar-refractivity contribution in [1.82, 2.24) is 20.7 Å². The number of nitrogens with one attached hydrogen (secondary N) is 2. The van der Waals surface area contributed by atoms with E-state index in [2.05, 4.69) is 19.9 Å². The smallest absolute Gasteiger partial charge is 0.361 e. The van der Waals surface area contributed by atoms with E-state index in [0.29, 0.717) is 5.56 Å². The number of ether oxygens (including phenoxy) is 2. The van der Waals surface area contributed by atoms with E-state index in [1.54, 1.807) is 30.3 Å². The minimum absolute atomic E-state index is 0.0280. The monoisotopic (exact) mass is 584 g/mol. The predicted octanol–water partition coefficient (Wildman–Crippen LogP) is 1.88. The van der Waals surface area contributed by atoms with Gasteiger partial charge in [0.15, 0.2) is 5.78 Å². The van der Waals surface area contributed by atoms with Gasteiger partial charge in [0.25, 0.3) is 5.91 Å². The maximum absolute atomic E-state index is 14.7. The van der Waals surface area contributed by atoms with Gasteiger partial charge in [-0.05, 0) is 38.0 Å². The van der Waals surface area contributed by atoms with Gasteiger partial charge in [0.2, 0.25) is 0 Å². The molecule has 2 heterocycles. The number of benzene rings is 1. The Labute approximate surface area is 232 Å². The van der Waals surface area contributed by atoms with Crippen molar-refractivity contribution in [2.75, 3.05) is 26.3 Å². The Bertz CT molecular complexity index is 1230. The van der Waals surface area contributed by atoms with Crippen LogP contribution in [0.4, 0.5) is 17.6 Å². The van der Waals surface area contributed by atoms with Crippen molar-refractivity contribution in [3.63, 3.8) is 0 Å². The van der Waals surface area contributed by atoms with Crippen LogP contribution in [0.25, 0.3) is 0 Å². The highest BCUT2D eigenvalue weighted by Gasteiger charge is 2.53. The summed E-state index contributed by atoms with van der Waals surface area (Å²) in [6, 6.07) is 9.65. The molecule has 1 aliphatic rings. The largest absolute Gasteiger partial charge is 0.457 e. The van der Waals surface area contributed by atoms with Crippen molar-refractivity contribution in [2.45, 2.75) is 44.1 Å². The molecule has 15 heteroatoms. The number of hydrogen-bond acceptors (Lipinski definition) is 8. The summed E-state index contributed by atoms with van der Waals surface area (Å²) in [6.45, 7) is 0.350. The van der Waals surface area contributed by atoms with Crippen LogP contribution in [0.3, 0.4) is 0 Å². The van der Waals surface area contributed by atoms with E-state index >= 15 is 0 Å². The molecule has 2 aromatic rings. The van der Waals surface area contributed by atoms with E-state index in [9.17, 15) is 36.7 Å². The molecule has 2 unspecified atom stereocenters. The maximum Gasteiger partial charge on any atom is 0.457 e. The van der Waals surface area contributed by atoms with Crippen LogP contribution in [0.1, 0.15) is 29.8 Å². The van der Waals surface area contributed by atoms with E-state index in [-0.39, 0.29) is 18.6 Å².